The fraction of sp³-hybridized carbons (Fsp3) is 0.200. The maximum absolute atomic E-state index is 15.1. The van der Waals surface area contributed by atoms with Crippen LogP contribution in [0.25, 0.3) is 22.0 Å². The summed E-state index contributed by atoms with van der Waals surface area (Å²) in [6.45, 7) is 6.06. The van der Waals surface area contributed by atoms with E-state index in [9.17, 15) is 17.7 Å². The van der Waals surface area contributed by atoms with Crippen LogP contribution >= 0.6 is 18.7 Å². The fourth-order valence-corrected chi connectivity index (χ4v) is 4.98. The van der Waals surface area contributed by atoms with Gasteiger partial charge in [0.05, 0.1) is 28.0 Å². The van der Waals surface area contributed by atoms with Crippen molar-refractivity contribution in [2.75, 3.05) is 18.6 Å². The molecule has 0 radical (unpaired) electrons. The lowest BCUT2D eigenvalue weighted by atomic mass is 10.0. The number of aryl methyl sites for hydroxylation is 1. The van der Waals surface area contributed by atoms with Crippen molar-refractivity contribution in [2.45, 2.75) is 19.9 Å². The second-order valence-corrected chi connectivity index (χ2v) is 12.1. The van der Waals surface area contributed by atoms with Gasteiger partial charge < -0.3 is 9.88 Å². The first-order chi connectivity index (χ1) is 16.4. The summed E-state index contributed by atoms with van der Waals surface area (Å²) in [7, 11) is -2.97. The summed E-state index contributed by atoms with van der Waals surface area (Å²) in [6.07, 6.45) is 1.25. The molecule has 0 saturated carbocycles. The molecule has 0 spiro atoms. The summed E-state index contributed by atoms with van der Waals surface area (Å²) in [6, 6.07) is 6.86. The molecule has 1 N–H and O–H groups in total. The highest BCUT2D eigenvalue weighted by Gasteiger charge is 2.22. The lowest BCUT2D eigenvalue weighted by Crippen LogP contribution is -2.13. The van der Waals surface area contributed by atoms with E-state index in [2.05, 4.69) is 15.3 Å². The summed E-state index contributed by atoms with van der Waals surface area (Å²) >= 11 is 6.52. The lowest BCUT2D eigenvalue weighted by molar-refractivity contribution is 0.495. The number of hydrogen-bond acceptors (Lipinski definition) is 4. The third-order valence-electron chi connectivity index (χ3n) is 5.63. The molecule has 0 bridgehead atoms. The van der Waals surface area contributed by atoms with Gasteiger partial charge in [-0.2, -0.15) is 0 Å². The molecule has 0 amide bonds. The predicted molar refractivity (Wildman–Crippen MR) is 132 cm³/mol. The molecule has 35 heavy (non-hydrogen) atoms. The van der Waals surface area contributed by atoms with Gasteiger partial charge in [-0.25, -0.2) is 22.5 Å². The van der Waals surface area contributed by atoms with Crippen molar-refractivity contribution in [3.05, 3.63) is 82.1 Å². The first kappa shape index (κ1) is 25.1. The molecule has 10 heteroatoms. The Morgan fingerprint density at radius 1 is 1.03 bits per heavy atom. The van der Waals surface area contributed by atoms with Crippen molar-refractivity contribution in [3.63, 3.8) is 0 Å². The normalized spacial score (nSPS) is 12.7. The number of anilines is 1. The van der Waals surface area contributed by atoms with Crippen molar-refractivity contribution < 1.29 is 22.1 Å². The molecule has 2 aromatic heterocycles. The molecule has 2 heterocycles. The van der Waals surface area contributed by atoms with E-state index in [1.54, 1.807) is 13.8 Å². The van der Waals surface area contributed by atoms with Crippen molar-refractivity contribution in [3.8, 4) is 11.1 Å². The van der Waals surface area contributed by atoms with Crippen LogP contribution in [0.4, 0.5) is 23.2 Å². The van der Waals surface area contributed by atoms with Crippen molar-refractivity contribution in [1.29, 1.82) is 0 Å². The number of fused-ring (bicyclic) bond motifs is 1. The Kier molecular flexibility index (Phi) is 6.64. The van der Waals surface area contributed by atoms with Crippen molar-refractivity contribution >= 4 is 40.8 Å². The van der Waals surface area contributed by atoms with Crippen molar-refractivity contribution in [2.24, 2.45) is 0 Å². The van der Waals surface area contributed by atoms with Gasteiger partial charge in [-0.3, -0.25) is 4.98 Å². The molecular weight excluding hydrogens is 501 g/mol. The van der Waals surface area contributed by atoms with Crippen LogP contribution in [0.15, 0.2) is 42.6 Å². The number of aromatic nitrogens is 2. The van der Waals surface area contributed by atoms with Gasteiger partial charge in [0.15, 0.2) is 17.5 Å². The number of nitrogens with zero attached hydrogens (tertiary/aromatic N) is 2. The quantitative estimate of drug-likeness (QED) is 0.222. The summed E-state index contributed by atoms with van der Waals surface area (Å²) in [5.74, 6) is -3.45. The summed E-state index contributed by atoms with van der Waals surface area (Å²) < 4.78 is 70.1. The summed E-state index contributed by atoms with van der Waals surface area (Å²) in [5.41, 5.74) is 1.06. The van der Waals surface area contributed by atoms with E-state index in [0.717, 1.165) is 12.1 Å². The van der Waals surface area contributed by atoms with Gasteiger partial charge >= 0.3 is 0 Å². The van der Waals surface area contributed by atoms with E-state index >= 15 is 4.39 Å². The third kappa shape index (κ3) is 4.78. The molecule has 4 aromatic rings. The highest BCUT2D eigenvalue weighted by atomic mass is 35.5. The van der Waals surface area contributed by atoms with E-state index in [4.69, 9.17) is 11.6 Å². The highest BCUT2D eigenvalue weighted by Crippen LogP contribution is 2.39. The van der Waals surface area contributed by atoms with E-state index < -0.39 is 36.5 Å². The van der Waals surface area contributed by atoms with Gasteiger partial charge in [-0.05, 0) is 45.4 Å². The van der Waals surface area contributed by atoms with Crippen LogP contribution in [-0.2, 0) is 4.57 Å². The largest absolute Gasteiger partial charge is 0.377 e. The number of benzene rings is 2. The van der Waals surface area contributed by atoms with Crippen LogP contribution in [0, 0.1) is 30.2 Å². The molecule has 0 aliphatic heterocycles. The number of rotatable bonds is 5. The molecule has 1 atom stereocenters. The predicted octanol–water partition coefficient (Wildman–Crippen LogP) is 7.24. The zero-order chi connectivity index (χ0) is 25.7. The third-order valence-corrected chi connectivity index (χ3v) is 7.44. The van der Waals surface area contributed by atoms with Crippen LogP contribution < -0.4 is 10.8 Å². The topological polar surface area (TPSA) is 54.9 Å². The SMILES string of the molecule is Cc1nc2cc(F)c(-c3cnc(P(C)(C)=O)c(F)c3)cc2c(NC(C)c2cccc(F)c2F)c1Cl. The molecule has 0 aliphatic carbocycles. The maximum Gasteiger partial charge on any atom is 0.164 e. The zero-order valence-corrected chi connectivity index (χ0v) is 20.9. The minimum absolute atomic E-state index is 0.0202. The van der Waals surface area contributed by atoms with Gasteiger partial charge in [0.1, 0.15) is 18.4 Å². The Hall–Kier alpha value is -2.96. The average molecular weight is 522 g/mol. The minimum Gasteiger partial charge on any atom is -0.377 e. The van der Waals surface area contributed by atoms with Gasteiger partial charge in [0.2, 0.25) is 0 Å². The van der Waals surface area contributed by atoms with Crippen LogP contribution in [0.2, 0.25) is 5.02 Å². The first-order valence-electron chi connectivity index (χ1n) is 10.6. The number of halogens is 5. The molecule has 0 saturated heterocycles. The molecule has 182 valence electrons. The van der Waals surface area contributed by atoms with Crippen molar-refractivity contribution in [1.82, 2.24) is 9.97 Å². The molecule has 4 nitrogen and oxygen atoms in total. The molecule has 0 fully saturated rings. The maximum atomic E-state index is 15.1. The van der Waals surface area contributed by atoms with E-state index in [1.807, 2.05) is 0 Å². The average Bonchev–Trinajstić information content (AvgIpc) is 2.77. The summed E-state index contributed by atoms with van der Waals surface area (Å²) in [4.78, 5) is 8.30. The Bertz CT molecular complexity index is 1520. The van der Waals surface area contributed by atoms with Gasteiger partial charge in [0.25, 0.3) is 0 Å². The van der Waals surface area contributed by atoms with E-state index in [-0.39, 0.29) is 32.7 Å². The van der Waals surface area contributed by atoms with Crippen LogP contribution in [0.1, 0.15) is 24.2 Å². The fourth-order valence-electron chi connectivity index (χ4n) is 3.87. The van der Waals surface area contributed by atoms with Gasteiger partial charge in [0, 0.05) is 34.3 Å². The zero-order valence-electron chi connectivity index (χ0n) is 19.3. The molecule has 4 rings (SSSR count). The first-order valence-corrected chi connectivity index (χ1v) is 13.6. The molecule has 2 aromatic carbocycles. The Morgan fingerprint density at radius 3 is 2.40 bits per heavy atom. The highest BCUT2D eigenvalue weighted by molar-refractivity contribution is 7.69. The Balaban J connectivity index is 1.87. The number of nitrogens with one attached hydrogen (secondary N) is 1. The standard InChI is InChI=1S/C25H21ClF4N3OP/c1-12(15-6-5-7-18(27)23(15)30)33-24-17-9-16(19(28)10-21(17)32-13(2)22(24)26)14-8-20(29)25(31-11-14)35(3,4)34/h5-12H,1-4H3,(H,32,33). The molecule has 0 aliphatic rings. The number of hydrogen-bond donors (Lipinski definition) is 1. The van der Waals surface area contributed by atoms with Gasteiger partial charge in [-0.1, -0.05) is 23.7 Å². The monoisotopic (exact) mass is 521 g/mol. The minimum atomic E-state index is -2.97. The second-order valence-electron chi connectivity index (χ2n) is 8.62. The smallest absolute Gasteiger partial charge is 0.164 e. The summed E-state index contributed by atoms with van der Waals surface area (Å²) in [5, 5.41) is 3.70. The van der Waals surface area contributed by atoms with Gasteiger partial charge in [-0.15, -0.1) is 0 Å². The van der Waals surface area contributed by atoms with E-state index in [0.29, 0.717) is 16.8 Å². The van der Waals surface area contributed by atoms with E-state index in [1.165, 1.54) is 43.8 Å². The Labute approximate surface area is 204 Å². The van der Waals surface area contributed by atoms with Crippen LogP contribution in [0.5, 0.6) is 0 Å². The lowest BCUT2D eigenvalue weighted by Gasteiger charge is -2.20. The number of pyridine rings is 2. The van der Waals surface area contributed by atoms with Crippen LogP contribution in [-0.4, -0.2) is 23.3 Å². The Morgan fingerprint density at radius 2 is 1.74 bits per heavy atom. The molecule has 1 unspecified atom stereocenters. The van der Waals surface area contributed by atoms with Crippen LogP contribution in [0.3, 0.4) is 0 Å². The second kappa shape index (κ2) is 9.25. The molecular formula is C25H21ClF4N3OP.